The SMILES string of the molecule is Cc1nc2ncnn2c(C)c1CCC(=O)NC(c1ccccc1)C1CCCCC1. The van der Waals surface area contributed by atoms with E-state index in [1.807, 2.05) is 19.9 Å². The van der Waals surface area contributed by atoms with Crippen LogP contribution in [0.4, 0.5) is 0 Å². The average Bonchev–Trinajstić information content (AvgIpc) is 3.22. The predicted octanol–water partition coefficient (Wildman–Crippen LogP) is 4.11. The molecule has 2 aromatic heterocycles. The fourth-order valence-electron chi connectivity index (χ4n) is 4.60. The average molecular weight is 392 g/mol. The number of nitrogens with one attached hydrogen (secondary N) is 1. The van der Waals surface area contributed by atoms with E-state index < -0.39 is 0 Å². The molecule has 3 aromatic rings. The van der Waals surface area contributed by atoms with Crippen LogP contribution in [0.1, 0.15) is 67.1 Å². The Kier molecular flexibility index (Phi) is 5.88. The molecule has 29 heavy (non-hydrogen) atoms. The number of rotatable bonds is 6. The van der Waals surface area contributed by atoms with E-state index in [0.717, 1.165) is 17.0 Å². The van der Waals surface area contributed by atoms with Gasteiger partial charge in [0, 0.05) is 17.8 Å². The molecule has 1 atom stereocenters. The van der Waals surface area contributed by atoms with Crippen LogP contribution in [-0.4, -0.2) is 25.5 Å². The molecule has 0 spiro atoms. The van der Waals surface area contributed by atoms with Crippen molar-refractivity contribution in [3.8, 4) is 0 Å². The fraction of sp³-hybridized carbons (Fsp3) is 0.478. The lowest BCUT2D eigenvalue weighted by Gasteiger charge is -2.31. The zero-order valence-corrected chi connectivity index (χ0v) is 17.3. The smallest absolute Gasteiger partial charge is 0.252 e. The summed E-state index contributed by atoms with van der Waals surface area (Å²) < 4.78 is 1.75. The van der Waals surface area contributed by atoms with Gasteiger partial charge in [-0.3, -0.25) is 4.79 Å². The largest absolute Gasteiger partial charge is 0.349 e. The molecule has 1 aromatic carbocycles. The number of benzene rings is 1. The zero-order valence-electron chi connectivity index (χ0n) is 17.3. The summed E-state index contributed by atoms with van der Waals surface area (Å²) in [6.45, 7) is 3.99. The van der Waals surface area contributed by atoms with Crippen molar-refractivity contribution in [1.29, 1.82) is 0 Å². The molecule has 1 aliphatic rings. The summed E-state index contributed by atoms with van der Waals surface area (Å²) in [6.07, 6.45) is 8.80. The number of fused-ring (bicyclic) bond motifs is 1. The molecular formula is C23H29N5O. The Morgan fingerprint density at radius 3 is 2.69 bits per heavy atom. The summed E-state index contributed by atoms with van der Waals surface area (Å²) in [6, 6.07) is 10.5. The molecule has 0 aliphatic heterocycles. The maximum Gasteiger partial charge on any atom is 0.252 e. The van der Waals surface area contributed by atoms with Crippen LogP contribution in [0.5, 0.6) is 0 Å². The number of hydrogen-bond donors (Lipinski definition) is 1. The van der Waals surface area contributed by atoms with E-state index in [2.05, 4.69) is 44.6 Å². The molecule has 1 amide bonds. The van der Waals surface area contributed by atoms with Crippen LogP contribution in [0.3, 0.4) is 0 Å². The van der Waals surface area contributed by atoms with Crippen LogP contribution in [0.15, 0.2) is 36.7 Å². The van der Waals surface area contributed by atoms with E-state index in [1.54, 1.807) is 4.52 Å². The molecule has 0 bridgehead atoms. The first-order valence-corrected chi connectivity index (χ1v) is 10.6. The maximum absolute atomic E-state index is 12.9. The summed E-state index contributed by atoms with van der Waals surface area (Å²) in [5.41, 5.74) is 4.21. The van der Waals surface area contributed by atoms with Crippen LogP contribution in [0, 0.1) is 19.8 Å². The van der Waals surface area contributed by atoms with E-state index in [9.17, 15) is 4.79 Å². The highest BCUT2D eigenvalue weighted by Gasteiger charge is 2.26. The first-order valence-electron chi connectivity index (χ1n) is 10.6. The van der Waals surface area contributed by atoms with Gasteiger partial charge in [0.2, 0.25) is 5.91 Å². The quantitative estimate of drug-likeness (QED) is 0.686. The van der Waals surface area contributed by atoms with Crippen molar-refractivity contribution in [2.45, 2.75) is 64.8 Å². The van der Waals surface area contributed by atoms with Crippen molar-refractivity contribution in [2.75, 3.05) is 0 Å². The second-order valence-corrected chi connectivity index (χ2v) is 8.09. The van der Waals surface area contributed by atoms with Crippen molar-refractivity contribution in [3.05, 3.63) is 59.2 Å². The molecule has 0 saturated heterocycles. The Hall–Kier alpha value is -2.76. The second-order valence-electron chi connectivity index (χ2n) is 8.09. The lowest BCUT2D eigenvalue weighted by molar-refractivity contribution is -0.122. The molecule has 4 rings (SSSR count). The minimum Gasteiger partial charge on any atom is -0.349 e. The Balaban J connectivity index is 1.47. The van der Waals surface area contributed by atoms with Crippen molar-refractivity contribution < 1.29 is 4.79 Å². The fourth-order valence-corrected chi connectivity index (χ4v) is 4.60. The van der Waals surface area contributed by atoms with E-state index in [4.69, 9.17) is 0 Å². The van der Waals surface area contributed by atoms with Crippen LogP contribution < -0.4 is 5.32 Å². The Morgan fingerprint density at radius 2 is 1.93 bits per heavy atom. The number of amides is 1. The summed E-state index contributed by atoms with van der Waals surface area (Å²) in [5, 5.41) is 7.59. The van der Waals surface area contributed by atoms with Crippen molar-refractivity contribution in [3.63, 3.8) is 0 Å². The number of carbonyl (C=O) groups is 1. The minimum absolute atomic E-state index is 0.0990. The summed E-state index contributed by atoms with van der Waals surface area (Å²) in [5.74, 6) is 1.23. The topological polar surface area (TPSA) is 72.2 Å². The normalized spacial score (nSPS) is 16.1. The van der Waals surface area contributed by atoms with Gasteiger partial charge in [0.25, 0.3) is 5.78 Å². The van der Waals surface area contributed by atoms with Gasteiger partial charge in [-0.05, 0) is 50.2 Å². The third-order valence-electron chi connectivity index (χ3n) is 6.19. The van der Waals surface area contributed by atoms with Crippen LogP contribution in [0.2, 0.25) is 0 Å². The highest BCUT2D eigenvalue weighted by atomic mass is 16.1. The first-order chi connectivity index (χ1) is 14.1. The monoisotopic (exact) mass is 391 g/mol. The molecule has 1 unspecified atom stereocenters. The van der Waals surface area contributed by atoms with Crippen LogP contribution in [0.25, 0.3) is 5.78 Å². The van der Waals surface area contributed by atoms with Gasteiger partial charge in [-0.25, -0.2) is 9.50 Å². The standard InChI is InChI=1S/C23H29N5O/c1-16-20(17(2)28-23(26-16)24-15-25-28)13-14-21(29)27-22(18-9-5-3-6-10-18)19-11-7-4-8-12-19/h3,5-6,9-10,15,19,22H,4,7-8,11-14H2,1-2H3,(H,27,29). The molecule has 6 heteroatoms. The summed E-state index contributed by atoms with van der Waals surface area (Å²) in [7, 11) is 0. The molecule has 2 heterocycles. The number of aromatic nitrogens is 4. The minimum atomic E-state index is 0.0990. The summed E-state index contributed by atoms with van der Waals surface area (Å²) in [4.78, 5) is 21.6. The van der Waals surface area contributed by atoms with Crippen LogP contribution >= 0.6 is 0 Å². The molecule has 152 valence electrons. The Labute approximate surface area is 171 Å². The third kappa shape index (κ3) is 4.31. The Morgan fingerprint density at radius 1 is 1.17 bits per heavy atom. The van der Waals surface area contributed by atoms with E-state index in [-0.39, 0.29) is 11.9 Å². The van der Waals surface area contributed by atoms with Crippen LogP contribution in [-0.2, 0) is 11.2 Å². The first kappa shape index (κ1) is 19.6. The van der Waals surface area contributed by atoms with Crippen molar-refractivity contribution in [2.24, 2.45) is 5.92 Å². The predicted molar refractivity (Wildman–Crippen MR) is 112 cm³/mol. The molecular weight excluding hydrogens is 362 g/mol. The third-order valence-corrected chi connectivity index (χ3v) is 6.19. The molecule has 1 N–H and O–H groups in total. The van der Waals surface area contributed by atoms with Gasteiger partial charge < -0.3 is 5.32 Å². The molecule has 1 saturated carbocycles. The highest BCUT2D eigenvalue weighted by molar-refractivity contribution is 5.76. The maximum atomic E-state index is 12.9. The van der Waals surface area contributed by atoms with E-state index in [1.165, 1.54) is 44.0 Å². The van der Waals surface area contributed by atoms with Gasteiger partial charge in [-0.2, -0.15) is 10.1 Å². The molecule has 1 aliphatic carbocycles. The van der Waals surface area contributed by atoms with Gasteiger partial charge >= 0.3 is 0 Å². The van der Waals surface area contributed by atoms with Gasteiger partial charge in [0.05, 0.1) is 6.04 Å². The Bertz CT molecular complexity index is 976. The van der Waals surface area contributed by atoms with Gasteiger partial charge in [-0.15, -0.1) is 0 Å². The van der Waals surface area contributed by atoms with Crippen molar-refractivity contribution >= 4 is 11.7 Å². The molecule has 6 nitrogen and oxygen atoms in total. The number of hydrogen-bond acceptors (Lipinski definition) is 4. The second kappa shape index (κ2) is 8.72. The molecule has 1 fully saturated rings. The number of nitrogens with zero attached hydrogens (tertiary/aromatic N) is 4. The summed E-state index contributed by atoms with van der Waals surface area (Å²) >= 11 is 0. The van der Waals surface area contributed by atoms with Gasteiger partial charge in [0.15, 0.2) is 0 Å². The number of aryl methyl sites for hydroxylation is 2. The number of carbonyl (C=O) groups excluding carboxylic acids is 1. The zero-order chi connectivity index (χ0) is 20.2. The van der Waals surface area contributed by atoms with Gasteiger partial charge in [0.1, 0.15) is 6.33 Å². The lowest BCUT2D eigenvalue weighted by atomic mass is 9.81. The van der Waals surface area contributed by atoms with Crippen molar-refractivity contribution in [1.82, 2.24) is 24.9 Å². The lowest BCUT2D eigenvalue weighted by Crippen LogP contribution is -2.34. The van der Waals surface area contributed by atoms with E-state index in [0.29, 0.717) is 24.5 Å². The molecule has 0 radical (unpaired) electrons. The van der Waals surface area contributed by atoms with E-state index >= 15 is 0 Å². The highest BCUT2D eigenvalue weighted by Crippen LogP contribution is 2.34. The van der Waals surface area contributed by atoms with Gasteiger partial charge in [-0.1, -0.05) is 49.6 Å².